The molecule has 1 aliphatic heterocycles. The predicted octanol–water partition coefficient (Wildman–Crippen LogP) is 1.92. The zero-order valence-corrected chi connectivity index (χ0v) is 15.9. The molecule has 0 amide bonds. The highest BCUT2D eigenvalue weighted by Crippen LogP contribution is 2.35. The van der Waals surface area contributed by atoms with E-state index >= 15 is 0 Å². The maximum Gasteiger partial charge on any atom is 0.257 e. The molecular formula is C18H24N4O4S. The Balaban J connectivity index is 1.46. The Hall–Kier alpha value is -1.81. The molecule has 1 saturated heterocycles. The third-order valence-corrected chi connectivity index (χ3v) is 6.74. The first-order chi connectivity index (χ1) is 13.0. The number of ether oxygens (including phenoxy) is 1. The molecule has 1 unspecified atom stereocenters. The van der Waals surface area contributed by atoms with Crippen LogP contribution in [0, 0.1) is 0 Å². The molecule has 3 N–H and O–H groups in total. The van der Waals surface area contributed by atoms with Gasteiger partial charge < -0.3 is 15.0 Å². The Labute approximate surface area is 158 Å². The number of benzene rings is 1. The first kappa shape index (κ1) is 18.5. The van der Waals surface area contributed by atoms with E-state index in [0.29, 0.717) is 23.9 Å². The minimum Gasteiger partial charge on any atom is -0.377 e. The fourth-order valence-electron chi connectivity index (χ4n) is 3.64. The molecule has 1 atom stereocenters. The van der Waals surface area contributed by atoms with Gasteiger partial charge in [-0.15, -0.1) is 0 Å². The summed E-state index contributed by atoms with van der Waals surface area (Å²) < 4.78 is 38.2. The summed E-state index contributed by atoms with van der Waals surface area (Å²) in [5.74, 6) is 0.864. The summed E-state index contributed by atoms with van der Waals surface area (Å²) in [7, 11) is -3.58. The van der Waals surface area contributed by atoms with Gasteiger partial charge >= 0.3 is 0 Å². The van der Waals surface area contributed by atoms with Crippen LogP contribution in [0.3, 0.4) is 0 Å². The molecule has 9 heteroatoms. The van der Waals surface area contributed by atoms with Crippen molar-refractivity contribution in [3.63, 3.8) is 0 Å². The van der Waals surface area contributed by atoms with E-state index in [0.717, 1.165) is 38.5 Å². The van der Waals surface area contributed by atoms with E-state index in [9.17, 15) is 8.42 Å². The fraction of sp³-hybridized carbons (Fsp3) is 0.556. The monoisotopic (exact) mass is 392 g/mol. The lowest BCUT2D eigenvalue weighted by molar-refractivity contribution is 0.114. The second-order valence-corrected chi connectivity index (χ2v) is 9.06. The maximum atomic E-state index is 12.4. The van der Waals surface area contributed by atoms with Gasteiger partial charge in [0, 0.05) is 18.7 Å². The van der Waals surface area contributed by atoms with Gasteiger partial charge in [0.15, 0.2) is 5.82 Å². The van der Waals surface area contributed by atoms with Gasteiger partial charge in [-0.05, 0) is 49.9 Å². The highest BCUT2D eigenvalue weighted by Gasteiger charge is 2.36. The molecule has 0 bridgehead atoms. The van der Waals surface area contributed by atoms with Crippen LogP contribution in [0.5, 0.6) is 0 Å². The van der Waals surface area contributed by atoms with E-state index in [1.165, 1.54) is 12.1 Å². The molecule has 1 aliphatic carbocycles. The normalized spacial score (nSPS) is 22.3. The van der Waals surface area contributed by atoms with Crippen molar-refractivity contribution in [3.05, 3.63) is 30.1 Å². The van der Waals surface area contributed by atoms with Crippen LogP contribution >= 0.6 is 0 Å². The number of nitrogens with one attached hydrogen (secondary N) is 1. The van der Waals surface area contributed by atoms with E-state index in [4.69, 9.17) is 15.0 Å². The summed E-state index contributed by atoms with van der Waals surface area (Å²) in [4.78, 5) is 4.62. The lowest BCUT2D eigenvalue weighted by atomic mass is 9.99. The van der Waals surface area contributed by atoms with Gasteiger partial charge in [0.2, 0.25) is 10.0 Å². The van der Waals surface area contributed by atoms with Crippen molar-refractivity contribution >= 4 is 10.0 Å². The SMILES string of the molecule is NC1(c2noc(-c3ccc(S(=O)(=O)NCC4CCCO4)cc3)n2)CCCC1. The quantitative estimate of drug-likeness (QED) is 0.770. The number of rotatable bonds is 6. The van der Waals surface area contributed by atoms with Gasteiger partial charge in [0.25, 0.3) is 5.89 Å². The zero-order chi connectivity index (χ0) is 18.9. The van der Waals surface area contributed by atoms with Crippen LogP contribution < -0.4 is 10.5 Å². The van der Waals surface area contributed by atoms with Crippen LogP contribution in [0.2, 0.25) is 0 Å². The lowest BCUT2D eigenvalue weighted by Crippen LogP contribution is -2.34. The minimum atomic E-state index is -3.58. The van der Waals surface area contributed by atoms with Gasteiger partial charge in [-0.25, -0.2) is 13.1 Å². The van der Waals surface area contributed by atoms with E-state index < -0.39 is 15.6 Å². The number of aromatic nitrogens is 2. The highest BCUT2D eigenvalue weighted by molar-refractivity contribution is 7.89. The van der Waals surface area contributed by atoms with Crippen LogP contribution in [0.1, 0.15) is 44.3 Å². The zero-order valence-electron chi connectivity index (χ0n) is 15.1. The molecule has 146 valence electrons. The van der Waals surface area contributed by atoms with Crippen molar-refractivity contribution in [2.75, 3.05) is 13.2 Å². The Bertz CT molecular complexity index is 882. The highest BCUT2D eigenvalue weighted by atomic mass is 32.2. The Morgan fingerprint density at radius 3 is 2.59 bits per heavy atom. The van der Waals surface area contributed by atoms with Crippen molar-refractivity contribution in [3.8, 4) is 11.5 Å². The van der Waals surface area contributed by atoms with Crippen LogP contribution in [0.4, 0.5) is 0 Å². The molecule has 2 fully saturated rings. The number of hydrogen-bond acceptors (Lipinski definition) is 7. The smallest absolute Gasteiger partial charge is 0.257 e. The Kier molecular flexibility index (Phi) is 5.02. The number of nitrogens with zero attached hydrogens (tertiary/aromatic N) is 2. The second-order valence-electron chi connectivity index (χ2n) is 7.30. The average molecular weight is 392 g/mol. The van der Waals surface area contributed by atoms with Crippen molar-refractivity contribution < 1.29 is 17.7 Å². The maximum absolute atomic E-state index is 12.4. The molecule has 0 spiro atoms. The molecule has 1 saturated carbocycles. The average Bonchev–Trinajstić information content (AvgIpc) is 3.42. The van der Waals surface area contributed by atoms with E-state index in [1.54, 1.807) is 12.1 Å². The molecule has 27 heavy (non-hydrogen) atoms. The van der Waals surface area contributed by atoms with Crippen molar-refractivity contribution in [2.24, 2.45) is 5.73 Å². The molecule has 2 aromatic rings. The van der Waals surface area contributed by atoms with Gasteiger partial charge in [-0.1, -0.05) is 18.0 Å². The summed E-state index contributed by atoms with van der Waals surface area (Å²) in [5, 5.41) is 4.04. The largest absolute Gasteiger partial charge is 0.377 e. The molecule has 2 aliphatic rings. The van der Waals surface area contributed by atoms with Gasteiger partial charge in [0.1, 0.15) is 0 Å². The van der Waals surface area contributed by atoms with Gasteiger partial charge in [-0.3, -0.25) is 0 Å². The minimum absolute atomic E-state index is 0.0463. The first-order valence-electron chi connectivity index (χ1n) is 9.31. The molecular weight excluding hydrogens is 368 g/mol. The van der Waals surface area contributed by atoms with Crippen LogP contribution in [0.15, 0.2) is 33.7 Å². The molecule has 4 rings (SSSR count). The van der Waals surface area contributed by atoms with Crippen LogP contribution in [-0.2, 0) is 20.3 Å². The van der Waals surface area contributed by atoms with E-state index in [-0.39, 0.29) is 17.5 Å². The third-order valence-electron chi connectivity index (χ3n) is 5.30. The molecule has 1 aromatic carbocycles. The number of nitrogens with two attached hydrogens (primary N) is 1. The summed E-state index contributed by atoms with van der Waals surface area (Å²) in [5.41, 5.74) is 6.50. The van der Waals surface area contributed by atoms with E-state index in [1.807, 2.05) is 0 Å². The van der Waals surface area contributed by atoms with Crippen LogP contribution in [0.25, 0.3) is 11.5 Å². The predicted molar refractivity (Wildman–Crippen MR) is 98.2 cm³/mol. The molecule has 8 nitrogen and oxygen atoms in total. The summed E-state index contributed by atoms with van der Waals surface area (Å²) in [6, 6.07) is 6.39. The topological polar surface area (TPSA) is 120 Å². The Morgan fingerprint density at radius 1 is 1.19 bits per heavy atom. The van der Waals surface area contributed by atoms with E-state index in [2.05, 4.69) is 14.9 Å². The summed E-state index contributed by atoms with van der Waals surface area (Å²) in [6.45, 7) is 0.979. The first-order valence-corrected chi connectivity index (χ1v) is 10.8. The van der Waals surface area contributed by atoms with Crippen molar-refractivity contribution in [1.82, 2.24) is 14.9 Å². The summed E-state index contributed by atoms with van der Waals surface area (Å²) >= 11 is 0. The third kappa shape index (κ3) is 3.91. The molecule has 2 heterocycles. The Morgan fingerprint density at radius 2 is 1.93 bits per heavy atom. The van der Waals surface area contributed by atoms with Crippen molar-refractivity contribution in [2.45, 2.75) is 55.1 Å². The number of hydrogen-bond donors (Lipinski definition) is 2. The standard InChI is InChI=1S/C18H24N4O4S/c19-18(9-1-2-10-18)17-21-16(26-22-17)13-5-7-15(8-6-13)27(23,24)20-12-14-4-3-11-25-14/h5-8,14,20H,1-4,9-12,19H2. The van der Waals surface area contributed by atoms with Gasteiger partial charge in [0.05, 0.1) is 16.5 Å². The number of sulfonamides is 1. The fourth-order valence-corrected chi connectivity index (χ4v) is 4.71. The van der Waals surface area contributed by atoms with Gasteiger partial charge in [-0.2, -0.15) is 4.98 Å². The lowest BCUT2D eigenvalue weighted by Gasteiger charge is -2.17. The van der Waals surface area contributed by atoms with Crippen LogP contribution in [-0.4, -0.2) is 37.8 Å². The second kappa shape index (κ2) is 7.31. The molecule has 0 radical (unpaired) electrons. The molecule has 1 aromatic heterocycles. The summed E-state index contributed by atoms with van der Waals surface area (Å²) in [6.07, 6.45) is 5.62. The van der Waals surface area contributed by atoms with Crippen molar-refractivity contribution in [1.29, 1.82) is 0 Å².